The van der Waals surface area contributed by atoms with E-state index in [0.717, 1.165) is 31.6 Å². The van der Waals surface area contributed by atoms with Crippen molar-refractivity contribution in [2.45, 2.75) is 19.4 Å². The summed E-state index contributed by atoms with van der Waals surface area (Å²) in [6.07, 6.45) is 0.746. The molecule has 2 aliphatic rings. The van der Waals surface area contributed by atoms with Gasteiger partial charge >= 0.3 is 0 Å². The van der Waals surface area contributed by atoms with E-state index in [0.29, 0.717) is 32.1 Å². The van der Waals surface area contributed by atoms with Gasteiger partial charge in [-0.2, -0.15) is 0 Å². The third kappa shape index (κ3) is 4.19. The Hall–Kier alpha value is -3.23. The molecule has 3 aromatic rings. The van der Waals surface area contributed by atoms with Crippen LogP contribution in [0, 0.1) is 5.82 Å². The van der Waals surface area contributed by atoms with Crippen LogP contribution in [0.1, 0.15) is 41.1 Å². The average molecular weight is 467 g/mol. The molecule has 5 rings (SSSR count). The number of hydrogen-bond donors (Lipinski definition) is 0. The van der Waals surface area contributed by atoms with Crippen LogP contribution in [0.15, 0.2) is 51.7 Å². The lowest BCUT2D eigenvalue weighted by Gasteiger charge is -2.29. The molecule has 1 aromatic heterocycles. The highest BCUT2D eigenvalue weighted by atomic mass is 19.1. The first kappa shape index (κ1) is 22.6. The van der Waals surface area contributed by atoms with E-state index in [-0.39, 0.29) is 33.6 Å². The van der Waals surface area contributed by atoms with Crippen LogP contribution in [0.2, 0.25) is 0 Å². The number of hydrogen-bond acceptors (Lipinski definition) is 6. The van der Waals surface area contributed by atoms with Gasteiger partial charge in [0.25, 0.3) is 5.91 Å². The lowest BCUT2D eigenvalue weighted by molar-refractivity contribution is 0.0353. The number of halogens is 1. The largest absolute Gasteiger partial charge is 0.494 e. The molecule has 34 heavy (non-hydrogen) atoms. The van der Waals surface area contributed by atoms with E-state index < -0.39 is 11.9 Å². The second-order valence-electron chi connectivity index (χ2n) is 8.53. The zero-order valence-electron chi connectivity index (χ0n) is 19.1. The van der Waals surface area contributed by atoms with Crippen molar-refractivity contribution in [3.8, 4) is 5.75 Å². The molecule has 0 bridgehead atoms. The third-order valence-electron chi connectivity index (χ3n) is 6.41. The number of carbonyl (C=O) groups excluding carboxylic acids is 1. The molecule has 7 nitrogen and oxygen atoms in total. The standard InChI is InChI=1S/C26H27FN2O5/c1-2-33-19-7-4-17(5-8-19)23-22-24(30)20-16-18(27)6-9-21(20)34-25(22)26(31)29(23)11-3-10-28-12-14-32-15-13-28/h4-9,16,23H,2-3,10-15H2,1H3/t23-/m0/s1. The van der Waals surface area contributed by atoms with Crippen LogP contribution in [0.4, 0.5) is 4.39 Å². The van der Waals surface area contributed by atoms with E-state index in [1.807, 2.05) is 31.2 Å². The summed E-state index contributed by atoms with van der Waals surface area (Å²) < 4.78 is 30.8. The lowest BCUT2D eigenvalue weighted by Crippen LogP contribution is -2.38. The number of amides is 1. The highest BCUT2D eigenvalue weighted by Gasteiger charge is 2.42. The Morgan fingerprint density at radius 1 is 1.06 bits per heavy atom. The highest BCUT2D eigenvalue weighted by Crippen LogP contribution is 2.38. The molecule has 3 heterocycles. The molecular formula is C26H27FN2O5. The number of carbonyl (C=O) groups is 1. The van der Waals surface area contributed by atoms with Crippen molar-refractivity contribution in [2.24, 2.45) is 0 Å². The Morgan fingerprint density at radius 2 is 1.82 bits per heavy atom. The smallest absolute Gasteiger partial charge is 0.290 e. The molecule has 2 aliphatic heterocycles. The second kappa shape index (κ2) is 9.56. The number of nitrogens with zero attached hydrogens (tertiary/aromatic N) is 2. The maximum absolute atomic E-state index is 13.9. The van der Waals surface area contributed by atoms with Crippen molar-refractivity contribution in [3.05, 3.63) is 75.4 Å². The van der Waals surface area contributed by atoms with Crippen molar-refractivity contribution in [1.82, 2.24) is 9.80 Å². The van der Waals surface area contributed by atoms with E-state index in [1.165, 1.54) is 18.2 Å². The first-order chi connectivity index (χ1) is 16.6. The fourth-order valence-electron chi connectivity index (χ4n) is 4.77. The monoisotopic (exact) mass is 466 g/mol. The van der Waals surface area contributed by atoms with Gasteiger partial charge in [0, 0.05) is 26.2 Å². The molecule has 0 spiro atoms. The van der Waals surface area contributed by atoms with Crippen LogP contribution in [0.25, 0.3) is 11.0 Å². The molecule has 0 aliphatic carbocycles. The van der Waals surface area contributed by atoms with E-state index in [2.05, 4.69) is 4.90 Å². The molecule has 178 valence electrons. The SMILES string of the molecule is CCOc1ccc([C@H]2c3c(oc4ccc(F)cc4c3=O)C(=O)N2CCCN2CCOCC2)cc1. The summed E-state index contributed by atoms with van der Waals surface area (Å²) in [6, 6.07) is 10.6. The Balaban J connectivity index is 1.52. The van der Waals surface area contributed by atoms with Gasteiger partial charge in [-0.15, -0.1) is 0 Å². The Bertz CT molecular complexity index is 1250. The summed E-state index contributed by atoms with van der Waals surface area (Å²) in [5, 5.41) is 0.137. The van der Waals surface area contributed by atoms with Gasteiger partial charge in [-0.25, -0.2) is 4.39 Å². The van der Waals surface area contributed by atoms with Crippen LogP contribution in [-0.2, 0) is 4.74 Å². The Morgan fingerprint density at radius 3 is 2.56 bits per heavy atom. The van der Waals surface area contributed by atoms with Crippen molar-refractivity contribution in [3.63, 3.8) is 0 Å². The number of benzene rings is 2. The molecule has 1 amide bonds. The molecule has 1 saturated heterocycles. The van der Waals surface area contributed by atoms with Crippen LogP contribution in [0.5, 0.6) is 5.75 Å². The first-order valence-corrected chi connectivity index (χ1v) is 11.7. The Labute approximate surface area is 196 Å². The molecule has 0 saturated carbocycles. The van der Waals surface area contributed by atoms with Crippen LogP contribution in [0.3, 0.4) is 0 Å². The fraction of sp³-hybridized carbons (Fsp3) is 0.385. The summed E-state index contributed by atoms with van der Waals surface area (Å²) in [6.45, 7) is 6.90. The summed E-state index contributed by atoms with van der Waals surface area (Å²) in [5.74, 6) is -0.0973. The van der Waals surface area contributed by atoms with Gasteiger partial charge in [0.1, 0.15) is 17.1 Å². The predicted molar refractivity (Wildman–Crippen MR) is 125 cm³/mol. The normalized spacial score (nSPS) is 18.5. The van der Waals surface area contributed by atoms with Crippen molar-refractivity contribution >= 4 is 16.9 Å². The minimum Gasteiger partial charge on any atom is -0.494 e. The molecule has 8 heteroatoms. The predicted octanol–water partition coefficient (Wildman–Crippen LogP) is 3.60. The van der Waals surface area contributed by atoms with E-state index in [4.69, 9.17) is 13.9 Å². The number of fused-ring (bicyclic) bond motifs is 2. The van der Waals surface area contributed by atoms with Crippen LogP contribution < -0.4 is 10.2 Å². The molecule has 0 N–H and O–H groups in total. The molecule has 0 radical (unpaired) electrons. The van der Waals surface area contributed by atoms with Crippen molar-refractivity contribution < 1.29 is 23.1 Å². The van der Waals surface area contributed by atoms with Gasteiger partial charge in [0.2, 0.25) is 5.76 Å². The zero-order chi connectivity index (χ0) is 23.7. The summed E-state index contributed by atoms with van der Waals surface area (Å²) in [5.41, 5.74) is 0.876. The fourth-order valence-corrected chi connectivity index (χ4v) is 4.77. The van der Waals surface area contributed by atoms with E-state index in [9.17, 15) is 14.0 Å². The minimum absolute atomic E-state index is 0.0364. The summed E-state index contributed by atoms with van der Waals surface area (Å²) >= 11 is 0. The molecule has 1 fully saturated rings. The number of ether oxygens (including phenoxy) is 2. The lowest BCUT2D eigenvalue weighted by atomic mass is 9.98. The number of rotatable bonds is 7. The molecule has 0 unspecified atom stereocenters. The van der Waals surface area contributed by atoms with Gasteiger partial charge in [0.15, 0.2) is 5.43 Å². The molecule has 2 aromatic carbocycles. The third-order valence-corrected chi connectivity index (χ3v) is 6.41. The first-order valence-electron chi connectivity index (χ1n) is 11.7. The molecule has 1 atom stereocenters. The van der Waals surface area contributed by atoms with Gasteiger partial charge in [-0.3, -0.25) is 14.5 Å². The average Bonchev–Trinajstić information content (AvgIpc) is 3.13. The van der Waals surface area contributed by atoms with Gasteiger partial charge in [-0.1, -0.05) is 12.1 Å². The van der Waals surface area contributed by atoms with E-state index in [1.54, 1.807) is 4.90 Å². The van der Waals surface area contributed by atoms with Gasteiger partial charge in [0.05, 0.1) is 36.8 Å². The van der Waals surface area contributed by atoms with Crippen molar-refractivity contribution in [1.29, 1.82) is 0 Å². The topological polar surface area (TPSA) is 72.2 Å². The van der Waals surface area contributed by atoms with E-state index >= 15 is 0 Å². The highest BCUT2D eigenvalue weighted by molar-refractivity contribution is 5.99. The quantitative estimate of drug-likeness (QED) is 0.530. The van der Waals surface area contributed by atoms with Crippen molar-refractivity contribution in [2.75, 3.05) is 46.0 Å². The summed E-state index contributed by atoms with van der Waals surface area (Å²) in [4.78, 5) is 30.9. The van der Waals surface area contributed by atoms with Crippen LogP contribution >= 0.6 is 0 Å². The maximum atomic E-state index is 13.9. The second-order valence-corrected chi connectivity index (χ2v) is 8.53. The summed E-state index contributed by atoms with van der Waals surface area (Å²) in [7, 11) is 0. The van der Waals surface area contributed by atoms with Crippen LogP contribution in [-0.4, -0.2) is 61.7 Å². The zero-order valence-corrected chi connectivity index (χ0v) is 19.1. The minimum atomic E-state index is -0.605. The Kier molecular flexibility index (Phi) is 6.34. The number of morpholine rings is 1. The maximum Gasteiger partial charge on any atom is 0.290 e. The van der Waals surface area contributed by atoms with Gasteiger partial charge < -0.3 is 18.8 Å². The molecular weight excluding hydrogens is 439 g/mol. The van der Waals surface area contributed by atoms with Gasteiger partial charge in [-0.05, 0) is 49.2 Å².